The number of hydrogen-bond donors (Lipinski definition) is 1. The molecule has 5 nitrogen and oxygen atoms in total. The normalized spacial score (nSPS) is 20.6. The highest BCUT2D eigenvalue weighted by Crippen LogP contribution is 2.66. The number of benzene rings is 2. The number of aromatic nitrogens is 2. The van der Waals surface area contributed by atoms with Crippen molar-refractivity contribution in [2.75, 3.05) is 0 Å². The molecule has 1 aliphatic rings. The van der Waals surface area contributed by atoms with E-state index in [2.05, 4.69) is 100 Å². The smallest absolute Gasteiger partial charge is 0.282 e. The van der Waals surface area contributed by atoms with Gasteiger partial charge in [0.25, 0.3) is 5.91 Å². The van der Waals surface area contributed by atoms with E-state index >= 15 is 0 Å². The second-order valence-electron chi connectivity index (χ2n) is 15.6. The molecule has 43 heavy (non-hydrogen) atoms. The average Bonchev–Trinajstić information content (AvgIpc) is 3.27. The molecule has 0 saturated carbocycles. The molecule has 1 aromatic heterocycles. The van der Waals surface area contributed by atoms with Crippen LogP contribution in [0.2, 0.25) is 15.1 Å². The zero-order chi connectivity index (χ0) is 32.7. The summed E-state index contributed by atoms with van der Waals surface area (Å²) in [6.45, 7) is 29.1. The summed E-state index contributed by atoms with van der Waals surface area (Å²) in [6.07, 6.45) is 0. The van der Waals surface area contributed by atoms with E-state index in [1.807, 2.05) is 30.3 Å². The van der Waals surface area contributed by atoms with E-state index in [1.54, 1.807) is 16.8 Å². The fourth-order valence-corrected chi connectivity index (χ4v) is 7.61. The van der Waals surface area contributed by atoms with Crippen LogP contribution in [0.25, 0.3) is 16.9 Å². The summed E-state index contributed by atoms with van der Waals surface area (Å²) >= 11 is 19.3. The number of hydrazine groups is 1. The molecular weight excluding hydrogens is 599 g/mol. The van der Waals surface area contributed by atoms with E-state index in [0.717, 1.165) is 16.8 Å². The van der Waals surface area contributed by atoms with E-state index in [9.17, 15) is 4.79 Å². The van der Waals surface area contributed by atoms with Gasteiger partial charge in [-0.15, -0.1) is 0 Å². The van der Waals surface area contributed by atoms with Gasteiger partial charge in [0.2, 0.25) is 0 Å². The van der Waals surface area contributed by atoms with Crippen molar-refractivity contribution >= 4 is 40.7 Å². The molecule has 4 rings (SSSR count). The fourth-order valence-electron chi connectivity index (χ4n) is 6.99. The lowest BCUT2D eigenvalue weighted by Crippen LogP contribution is -2.80. The lowest BCUT2D eigenvalue weighted by Gasteiger charge is -2.73. The molecule has 2 heterocycles. The third kappa shape index (κ3) is 5.03. The van der Waals surface area contributed by atoms with Gasteiger partial charge in [-0.1, -0.05) is 109 Å². The van der Waals surface area contributed by atoms with Crippen molar-refractivity contribution in [1.82, 2.24) is 20.2 Å². The Labute approximate surface area is 273 Å². The lowest BCUT2D eigenvalue weighted by molar-refractivity contribution is -0.259. The van der Waals surface area contributed by atoms with Crippen molar-refractivity contribution in [3.05, 3.63) is 68.8 Å². The minimum atomic E-state index is -0.452. The van der Waals surface area contributed by atoms with E-state index in [4.69, 9.17) is 39.9 Å². The monoisotopic (exact) mass is 644 g/mol. The SMILES string of the molecule is CC(C)(C)c1c(C(=O)NN2C(C)(C)C(C)(C)C(C)(C)C(C)(C)C2(C)C)nn(-c2ccc(Cl)cc2Cl)c1-c1ccc(Cl)cc1. The van der Waals surface area contributed by atoms with Gasteiger partial charge >= 0.3 is 0 Å². The molecule has 1 fully saturated rings. The summed E-state index contributed by atoms with van der Waals surface area (Å²) in [4.78, 5) is 14.7. The second-order valence-corrected chi connectivity index (χ2v) is 16.9. The number of carbonyl (C=O) groups is 1. The second kappa shape index (κ2) is 10.5. The van der Waals surface area contributed by atoms with Crippen molar-refractivity contribution in [2.24, 2.45) is 16.2 Å². The Kier molecular flexibility index (Phi) is 8.27. The Balaban J connectivity index is 1.98. The molecule has 1 saturated heterocycles. The van der Waals surface area contributed by atoms with Crippen LogP contribution < -0.4 is 5.43 Å². The van der Waals surface area contributed by atoms with Gasteiger partial charge in [-0.2, -0.15) is 5.10 Å². The average molecular weight is 646 g/mol. The molecule has 0 spiro atoms. The molecule has 1 aliphatic heterocycles. The van der Waals surface area contributed by atoms with Gasteiger partial charge < -0.3 is 0 Å². The molecule has 1 amide bonds. The topological polar surface area (TPSA) is 50.2 Å². The van der Waals surface area contributed by atoms with Gasteiger partial charge in [0, 0.05) is 32.3 Å². The molecule has 0 radical (unpaired) electrons. The minimum absolute atomic E-state index is 0.0561. The van der Waals surface area contributed by atoms with Crippen LogP contribution in [0, 0.1) is 16.2 Å². The van der Waals surface area contributed by atoms with Gasteiger partial charge in [0.1, 0.15) is 0 Å². The predicted molar refractivity (Wildman–Crippen MR) is 182 cm³/mol. The minimum Gasteiger partial charge on any atom is -0.282 e. The van der Waals surface area contributed by atoms with Gasteiger partial charge in [0.05, 0.1) is 16.4 Å². The molecule has 3 aromatic rings. The number of halogens is 3. The Morgan fingerprint density at radius 2 is 1.23 bits per heavy atom. The molecule has 2 aromatic carbocycles. The first-order chi connectivity index (χ1) is 19.4. The van der Waals surface area contributed by atoms with Crippen LogP contribution in [0.4, 0.5) is 0 Å². The van der Waals surface area contributed by atoms with Crippen LogP contribution in [0.5, 0.6) is 0 Å². The summed E-state index contributed by atoms with van der Waals surface area (Å²) in [6, 6.07) is 12.9. The highest BCUT2D eigenvalue weighted by molar-refractivity contribution is 6.35. The number of piperidine rings is 1. The van der Waals surface area contributed by atoms with Crippen molar-refractivity contribution in [3.8, 4) is 16.9 Å². The van der Waals surface area contributed by atoms with Crippen molar-refractivity contribution in [1.29, 1.82) is 0 Å². The zero-order valence-electron chi connectivity index (χ0n) is 27.9. The maximum atomic E-state index is 14.7. The Morgan fingerprint density at radius 1 is 0.744 bits per heavy atom. The van der Waals surface area contributed by atoms with E-state index < -0.39 is 16.5 Å². The number of hydrogen-bond acceptors (Lipinski definition) is 3. The first kappa shape index (κ1) is 33.8. The Morgan fingerprint density at radius 3 is 1.70 bits per heavy atom. The lowest BCUT2D eigenvalue weighted by atomic mass is 9.42. The largest absolute Gasteiger partial charge is 0.286 e. The highest BCUT2D eigenvalue weighted by atomic mass is 35.5. The molecule has 0 unspecified atom stereocenters. The number of carbonyl (C=O) groups excluding carboxylic acids is 1. The van der Waals surface area contributed by atoms with E-state index in [1.165, 1.54) is 0 Å². The quantitative estimate of drug-likeness (QED) is 0.307. The number of rotatable bonds is 4. The van der Waals surface area contributed by atoms with Gasteiger partial charge in [-0.3, -0.25) is 10.2 Å². The summed E-state index contributed by atoms with van der Waals surface area (Å²) in [5.41, 5.74) is 5.14. The zero-order valence-corrected chi connectivity index (χ0v) is 30.2. The first-order valence-electron chi connectivity index (χ1n) is 14.9. The molecule has 0 atom stereocenters. The van der Waals surface area contributed by atoms with Gasteiger partial charge in [-0.05, 0) is 79.7 Å². The summed E-state index contributed by atoms with van der Waals surface area (Å²) in [7, 11) is 0. The maximum absolute atomic E-state index is 14.7. The van der Waals surface area contributed by atoms with E-state index in [-0.39, 0.29) is 22.2 Å². The number of amides is 1. The molecule has 0 aliphatic carbocycles. The molecule has 234 valence electrons. The van der Waals surface area contributed by atoms with E-state index in [0.29, 0.717) is 26.4 Å². The van der Waals surface area contributed by atoms with Gasteiger partial charge in [0.15, 0.2) is 5.69 Å². The summed E-state index contributed by atoms with van der Waals surface area (Å²) < 4.78 is 1.76. The molecule has 1 N–H and O–H groups in total. The van der Waals surface area contributed by atoms with Crippen LogP contribution in [0.3, 0.4) is 0 Å². The van der Waals surface area contributed by atoms with Crippen LogP contribution in [0.1, 0.15) is 106 Å². The van der Waals surface area contributed by atoms with Crippen LogP contribution in [-0.4, -0.2) is 31.8 Å². The van der Waals surface area contributed by atoms with Crippen molar-refractivity contribution in [3.63, 3.8) is 0 Å². The summed E-state index contributed by atoms with van der Waals surface area (Å²) in [5, 5.41) is 8.77. The molecule has 0 bridgehead atoms. The third-order valence-corrected chi connectivity index (χ3v) is 12.4. The number of nitrogens with zero attached hydrogens (tertiary/aromatic N) is 3. The Bertz CT molecular complexity index is 1530. The standard InChI is InChI=1S/C35H47Cl3N4O/c1-30(2,3)26-27(29(43)40-42-34(10,11)32(6,7)31(4,5)33(8,9)35(42,12)13)39-41(25-19-18-23(37)20-24(25)38)28(26)21-14-16-22(36)17-15-21/h14-20H,1-13H3,(H,40,43). The van der Waals surface area contributed by atoms with Crippen LogP contribution in [0.15, 0.2) is 42.5 Å². The fraction of sp³-hybridized carbons (Fsp3) is 0.543. The third-order valence-electron chi connectivity index (χ3n) is 11.6. The van der Waals surface area contributed by atoms with Gasteiger partial charge in [-0.25, -0.2) is 9.69 Å². The maximum Gasteiger partial charge on any atom is 0.286 e. The van der Waals surface area contributed by atoms with Crippen molar-refractivity contribution in [2.45, 2.75) is 107 Å². The van der Waals surface area contributed by atoms with Crippen LogP contribution in [-0.2, 0) is 5.41 Å². The highest BCUT2D eigenvalue weighted by Gasteiger charge is 2.68. The first-order valence-corrected chi connectivity index (χ1v) is 16.0. The van der Waals surface area contributed by atoms with Crippen molar-refractivity contribution < 1.29 is 4.79 Å². The molecule has 8 heteroatoms. The summed E-state index contributed by atoms with van der Waals surface area (Å²) in [5.74, 6) is -0.267. The number of nitrogens with one attached hydrogen (secondary N) is 1. The Hall–Kier alpha value is -2.05. The predicted octanol–water partition coefficient (Wildman–Crippen LogP) is 10.4. The molecular formula is C35H47Cl3N4O. The van der Waals surface area contributed by atoms with Crippen LogP contribution >= 0.6 is 34.8 Å².